The van der Waals surface area contributed by atoms with Crippen molar-refractivity contribution in [2.24, 2.45) is 0 Å². The monoisotopic (exact) mass is 170 g/mol. The molecule has 0 heterocycles. The molecule has 0 saturated carbocycles. The van der Waals surface area contributed by atoms with Crippen LogP contribution in [0.25, 0.3) is 10.8 Å². The minimum atomic E-state index is 0.0428. The van der Waals surface area contributed by atoms with E-state index in [1.165, 1.54) is 0 Å². The van der Waals surface area contributed by atoms with Crippen molar-refractivity contribution in [1.82, 2.24) is 0 Å². The second-order valence-electron chi connectivity index (χ2n) is 2.83. The molecule has 1 N–H and O–H groups in total. The fraction of sp³-hybridized carbons (Fsp3) is 0. The molecule has 0 aliphatic rings. The smallest absolute Gasteiger partial charge is 0.133 e. The van der Waals surface area contributed by atoms with Gasteiger partial charge in [-0.2, -0.15) is 5.26 Å². The quantitative estimate of drug-likeness (QED) is 0.659. The lowest BCUT2D eigenvalue weighted by Crippen LogP contribution is -1.78. The Balaban J connectivity index is 2.83. The van der Waals surface area contributed by atoms with Crippen molar-refractivity contribution in [3.05, 3.63) is 42.0 Å². The highest BCUT2D eigenvalue weighted by molar-refractivity contribution is 5.85. The number of rotatable bonds is 0. The molecule has 0 unspecified atom stereocenters. The number of hydrogen-bond donors (Lipinski definition) is 1. The fourth-order valence-electron chi connectivity index (χ4n) is 1.32. The topological polar surface area (TPSA) is 44.0 Å². The maximum absolute atomic E-state index is 9.39. The minimum Gasteiger partial charge on any atom is -0.507 e. The first-order valence-electron chi connectivity index (χ1n) is 3.93. The summed E-state index contributed by atoms with van der Waals surface area (Å²) in [5.74, 6) is 0.0428. The molecule has 0 spiro atoms. The lowest BCUT2D eigenvalue weighted by Gasteiger charge is -1.99. The van der Waals surface area contributed by atoms with E-state index in [1.807, 2.05) is 30.3 Å². The van der Waals surface area contributed by atoms with Crippen LogP contribution in [0.5, 0.6) is 5.75 Å². The Kier molecular flexibility index (Phi) is 1.64. The van der Waals surface area contributed by atoms with Crippen LogP contribution in [-0.2, 0) is 0 Å². The van der Waals surface area contributed by atoms with Crippen LogP contribution in [-0.4, -0.2) is 5.11 Å². The molecule has 0 atom stereocenters. The zero-order valence-corrected chi connectivity index (χ0v) is 6.86. The molecule has 0 aliphatic carbocycles. The molecule has 0 bridgehead atoms. The predicted molar refractivity (Wildman–Crippen MR) is 50.3 cm³/mol. The van der Waals surface area contributed by atoms with Crippen molar-refractivity contribution >= 4 is 10.8 Å². The van der Waals surface area contributed by atoms with Crippen LogP contribution in [0.15, 0.2) is 36.4 Å². The number of phenols is 1. The van der Waals surface area contributed by atoms with Crippen LogP contribution in [0.1, 0.15) is 5.56 Å². The van der Waals surface area contributed by atoms with Crippen LogP contribution in [0.4, 0.5) is 0 Å². The molecule has 0 aromatic heterocycles. The van der Waals surface area contributed by atoms with Gasteiger partial charge in [0.2, 0.25) is 0 Å². The summed E-state index contributed by atoms with van der Waals surface area (Å²) in [4.78, 5) is 0. The molecular weight excluding hydrogens is 163 g/mol. The second-order valence-corrected chi connectivity index (χ2v) is 2.83. The Labute approximate surface area is 75.7 Å². The SMILES string of the molecule is N#Cc1cc2ccccc2c[13c]1O. The van der Waals surface area contributed by atoms with E-state index in [0.717, 1.165) is 10.8 Å². The van der Waals surface area contributed by atoms with Crippen LogP contribution in [0, 0.1) is 11.3 Å². The van der Waals surface area contributed by atoms with Gasteiger partial charge in [0, 0.05) is 0 Å². The van der Waals surface area contributed by atoms with Crippen molar-refractivity contribution in [2.75, 3.05) is 0 Å². The summed E-state index contributed by atoms with van der Waals surface area (Å²) >= 11 is 0. The molecule has 0 aliphatic heterocycles. The van der Waals surface area contributed by atoms with E-state index < -0.39 is 0 Å². The number of fused-ring (bicyclic) bond motifs is 1. The Morgan fingerprint density at radius 1 is 1.08 bits per heavy atom. The highest BCUT2D eigenvalue weighted by atomic mass is 16.3. The third-order valence-electron chi connectivity index (χ3n) is 1.98. The summed E-state index contributed by atoms with van der Waals surface area (Å²) in [6, 6.07) is 12.8. The van der Waals surface area contributed by atoms with Gasteiger partial charge in [-0.3, -0.25) is 0 Å². The van der Waals surface area contributed by atoms with Crippen molar-refractivity contribution in [3.8, 4) is 11.8 Å². The number of phenolic OH excluding ortho intramolecular Hbond substituents is 1. The zero-order valence-electron chi connectivity index (χ0n) is 6.86. The van der Waals surface area contributed by atoms with Gasteiger partial charge in [-0.05, 0) is 22.9 Å². The van der Waals surface area contributed by atoms with Crippen LogP contribution < -0.4 is 0 Å². The molecular formula is C11H7NO. The van der Waals surface area contributed by atoms with Crippen LogP contribution in [0.3, 0.4) is 0 Å². The molecule has 2 nitrogen and oxygen atoms in total. The molecule has 0 saturated heterocycles. The van der Waals surface area contributed by atoms with Crippen molar-refractivity contribution in [3.63, 3.8) is 0 Å². The largest absolute Gasteiger partial charge is 0.507 e. The maximum atomic E-state index is 9.39. The maximum Gasteiger partial charge on any atom is 0.133 e. The summed E-state index contributed by atoms with van der Waals surface area (Å²) in [6.07, 6.45) is 0. The van der Waals surface area contributed by atoms with E-state index in [4.69, 9.17) is 5.26 Å². The Morgan fingerprint density at radius 3 is 2.31 bits per heavy atom. The lowest BCUT2D eigenvalue weighted by molar-refractivity contribution is 0.474. The standard InChI is InChI=1S/C11H7NO/c12-7-10-5-8-3-1-2-4-9(8)6-11(10)13/h1-6,13H/i11+1. The molecule has 2 rings (SSSR count). The molecule has 0 amide bonds. The van der Waals surface area contributed by atoms with Crippen molar-refractivity contribution < 1.29 is 5.11 Å². The normalized spacial score (nSPS) is 9.77. The fourth-order valence-corrected chi connectivity index (χ4v) is 1.32. The van der Waals surface area contributed by atoms with Crippen LogP contribution >= 0.6 is 0 Å². The number of aromatic hydroxyl groups is 1. The van der Waals surface area contributed by atoms with Gasteiger partial charge in [0.05, 0.1) is 5.56 Å². The van der Waals surface area contributed by atoms with Crippen molar-refractivity contribution in [1.29, 1.82) is 5.26 Å². The van der Waals surface area contributed by atoms with Gasteiger partial charge in [-0.1, -0.05) is 24.3 Å². The van der Waals surface area contributed by atoms with Gasteiger partial charge >= 0.3 is 0 Å². The second kappa shape index (κ2) is 2.80. The van der Waals surface area contributed by atoms with E-state index in [-0.39, 0.29) is 5.75 Å². The first-order chi connectivity index (χ1) is 6.31. The molecule has 0 fully saturated rings. The highest BCUT2D eigenvalue weighted by Crippen LogP contribution is 2.23. The Hall–Kier alpha value is -2.01. The summed E-state index contributed by atoms with van der Waals surface area (Å²) in [6.45, 7) is 0. The van der Waals surface area contributed by atoms with Gasteiger partial charge in [0.15, 0.2) is 0 Å². The molecule has 13 heavy (non-hydrogen) atoms. The molecule has 2 aromatic carbocycles. The molecule has 0 radical (unpaired) electrons. The van der Waals surface area contributed by atoms with E-state index in [9.17, 15) is 5.11 Å². The number of nitrogens with zero attached hydrogens (tertiary/aromatic N) is 1. The van der Waals surface area contributed by atoms with Gasteiger partial charge < -0.3 is 5.11 Å². The first kappa shape index (κ1) is 7.63. The van der Waals surface area contributed by atoms with Gasteiger partial charge in [-0.25, -0.2) is 0 Å². The number of benzene rings is 2. The predicted octanol–water partition coefficient (Wildman–Crippen LogP) is 2.42. The number of nitriles is 1. The molecule has 2 heteroatoms. The first-order valence-corrected chi connectivity index (χ1v) is 3.93. The van der Waals surface area contributed by atoms with Crippen molar-refractivity contribution in [2.45, 2.75) is 0 Å². The van der Waals surface area contributed by atoms with Gasteiger partial charge in [-0.15, -0.1) is 0 Å². The summed E-state index contributed by atoms with van der Waals surface area (Å²) in [7, 11) is 0. The lowest BCUT2D eigenvalue weighted by atomic mass is 10.1. The Morgan fingerprint density at radius 2 is 1.69 bits per heavy atom. The minimum absolute atomic E-state index is 0.0428. The average molecular weight is 170 g/mol. The highest BCUT2D eigenvalue weighted by Gasteiger charge is 2.01. The average Bonchev–Trinajstić information content (AvgIpc) is 2.17. The van der Waals surface area contributed by atoms with Gasteiger partial charge in [0.1, 0.15) is 11.8 Å². The zero-order chi connectivity index (χ0) is 9.26. The van der Waals surface area contributed by atoms with E-state index in [2.05, 4.69) is 0 Å². The molecule has 2 aromatic rings. The summed E-state index contributed by atoms with van der Waals surface area (Å²) < 4.78 is 0. The van der Waals surface area contributed by atoms with Crippen LogP contribution in [0.2, 0.25) is 0 Å². The third-order valence-corrected chi connectivity index (χ3v) is 1.98. The number of hydrogen-bond acceptors (Lipinski definition) is 2. The van der Waals surface area contributed by atoms with E-state index in [0.29, 0.717) is 5.56 Å². The van der Waals surface area contributed by atoms with Gasteiger partial charge in [0.25, 0.3) is 0 Å². The summed E-state index contributed by atoms with van der Waals surface area (Å²) in [5, 5.41) is 20.0. The van der Waals surface area contributed by atoms with E-state index in [1.54, 1.807) is 12.1 Å². The Bertz CT molecular complexity index is 497. The summed E-state index contributed by atoms with van der Waals surface area (Å²) in [5.41, 5.74) is 0.318. The molecule has 62 valence electrons. The third kappa shape index (κ3) is 1.21. The van der Waals surface area contributed by atoms with E-state index >= 15 is 0 Å².